The zero-order valence-corrected chi connectivity index (χ0v) is 17.7. The maximum absolute atomic E-state index is 12.6. The second kappa shape index (κ2) is 8.79. The van der Waals surface area contributed by atoms with Crippen LogP contribution in [-0.4, -0.2) is 57.1 Å². The van der Waals surface area contributed by atoms with Crippen LogP contribution in [0, 0.1) is 13.8 Å². The second-order valence-corrected chi connectivity index (χ2v) is 8.02. The van der Waals surface area contributed by atoms with Crippen molar-refractivity contribution in [1.29, 1.82) is 0 Å². The van der Waals surface area contributed by atoms with Crippen LogP contribution in [0.5, 0.6) is 0 Å². The Morgan fingerprint density at radius 3 is 2.43 bits per heavy atom. The summed E-state index contributed by atoms with van der Waals surface area (Å²) in [5, 5.41) is 0. The number of pyridine rings is 1. The van der Waals surface area contributed by atoms with Crippen LogP contribution >= 0.6 is 0 Å². The van der Waals surface area contributed by atoms with E-state index in [0.29, 0.717) is 18.7 Å². The molecule has 3 heterocycles. The molecule has 3 aromatic rings. The molecule has 6 nitrogen and oxygen atoms in total. The first-order valence-corrected chi connectivity index (χ1v) is 10.5. The summed E-state index contributed by atoms with van der Waals surface area (Å²) in [5.74, 6) is 0.0984. The third kappa shape index (κ3) is 4.44. The summed E-state index contributed by atoms with van der Waals surface area (Å²) < 4.78 is 2.16. The number of ketones is 1. The predicted molar refractivity (Wildman–Crippen MR) is 117 cm³/mol. The molecule has 1 aliphatic rings. The van der Waals surface area contributed by atoms with Crippen LogP contribution in [0.4, 0.5) is 0 Å². The molecule has 1 aromatic carbocycles. The van der Waals surface area contributed by atoms with Crippen molar-refractivity contribution in [2.45, 2.75) is 33.2 Å². The molecule has 0 N–H and O–H groups in total. The van der Waals surface area contributed by atoms with Crippen molar-refractivity contribution in [3.05, 3.63) is 71.2 Å². The van der Waals surface area contributed by atoms with Crippen LogP contribution < -0.4 is 0 Å². The van der Waals surface area contributed by atoms with Gasteiger partial charge in [0.25, 0.3) is 0 Å². The minimum atomic E-state index is 0.0286. The summed E-state index contributed by atoms with van der Waals surface area (Å²) in [6.45, 7) is 8.02. The maximum Gasteiger partial charge on any atom is 0.223 e. The van der Waals surface area contributed by atoms with E-state index in [-0.39, 0.29) is 24.5 Å². The van der Waals surface area contributed by atoms with Gasteiger partial charge in [-0.1, -0.05) is 30.3 Å². The monoisotopic (exact) mass is 404 g/mol. The first-order chi connectivity index (χ1) is 14.5. The summed E-state index contributed by atoms with van der Waals surface area (Å²) in [4.78, 5) is 33.7. The number of hydrogen-bond acceptors (Lipinski definition) is 4. The molecular formula is C24H28N4O2. The molecule has 6 heteroatoms. The molecule has 1 saturated heterocycles. The summed E-state index contributed by atoms with van der Waals surface area (Å²) in [6.07, 6.45) is 2.63. The number of imidazole rings is 1. The van der Waals surface area contributed by atoms with E-state index >= 15 is 0 Å². The molecule has 4 rings (SSSR count). The molecule has 0 aliphatic carbocycles. The number of Topliss-reactive ketones (excluding diaryl/α,β-unsaturated/α-hetero) is 1. The topological polar surface area (TPSA) is 57.9 Å². The molecule has 1 amide bonds. The molecule has 0 spiro atoms. The Morgan fingerprint density at radius 1 is 0.967 bits per heavy atom. The van der Waals surface area contributed by atoms with Crippen molar-refractivity contribution in [2.24, 2.45) is 0 Å². The predicted octanol–water partition coefficient (Wildman–Crippen LogP) is 3.26. The molecule has 0 radical (unpaired) electrons. The van der Waals surface area contributed by atoms with E-state index < -0.39 is 0 Å². The molecule has 1 aliphatic heterocycles. The zero-order valence-electron chi connectivity index (χ0n) is 17.7. The fraction of sp³-hybridized carbons (Fsp3) is 0.375. The fourth-order valence-corrected chi connectivity index (χ4v) is 4.02. The van der Waals surface area contributed by atoms with Crippen molar-refractivity contribution in [1.82, 2.24) is 19.2 Å². The molecule has 156 valence electrons. The first-order valence-electron chi connectivity index (χ1n) is 10.5. The van der Waals surface area contributed by atoms with E-state index in [9.17, 15) is 9.59 Å². The van der Waals surface area contributed by atoms with E-state index in [0.717, 1.165) is 31.0 Å². The summed E-state index contributed by atoms with van der Waals surface area (Å²) in [7, 11) is 0. The zero-order chi connectivity index (χ0) is 21.1. The highest BCUT2D eigenvalue weighted by molar-refractivity contribution is 5.97. The van der Waals surface area contributed by atoms with Gasteiger partial charge < -0.3 is 9.30 Å². The third-order valence-corrected chi connectivity index (χ3v) is 5.84. The molecular weight excluding hydrogens is 376 g/mol. The minimum absolute atomic E-state index is 0.0286. The van der Waals surface area contributed by atoms with Crippen LogP contribution in [0.25, 0.3) is 5.65 Å². The van der Waals surface area contributed by atoms with Gasteiger partial charge in [0, 0.05) is 57.3 Å². The van der Waals surface area contributed by atoms with Crippen molar-refractivity contribution in [2.75, 3.05) is 26.2 Å². The molecule has 30 heavy (non-hydrogen) atoms. The minimum Gasteiger partial charge on any atom is -0.340 e. The number of carbonyl (C=O) groups excluding carboxylic acids is 2. The van der Waals surface area contributed by atoms with E-state index in [1.165, 1.54) is 11.3 Å². The number of aryl methyl sites for hydroxylation is 2. The van der Waals surface area contributed by atoms with Gasteiger partial charge in [0.05, 0.1) is 11.4 Å². The summed E-state index contributed by atoms with van der Waals surface area (Å²) in [6, 6.07) is 13.4. The average Bonchev–Trinajstić information content (AvgIpc) is 3.07. The lowest BCUT2D eigenvalue weighted by molar-refractivity contribution is -0.133. The molecule has 0 saturated carbocycles. The Labute approximate surface area is 177 Å². The Kier molecular flexibility index (Phi) is 5.95. The lowest BCUT2D eigenvalue weighted by Gasteiger charge is -2.34. The smallest absolute Gasteiger partial charge is 0.223 e. The van der Waals surface area contributed by atoms with E-state index in [1.807, 2.05) is 23.1 Å². The highest BCUT2D eigenvalue weighted by Gasteiger charge is 2.23. The van der Waals surface area contributed by atoms with Crippen molar-refractivity contribution >= 4 is 17.3 Å². The quantitative estimate of drug-likeness (QED) is 0.592. The number of benzene rings is 1. The van der Waals surface area contributed by atoms with Crippen molar-refractivity contribution < 1.29 is 9.59 Å². The van der Waals surface area contributed by atoms with Crippen LogP contribution in [0.3, 0.4) is 0 Å². The van der Waals surface area contributed by atoms with Gasteiger partial charge in [-0.3, -0.25) is 14.5 Å². The molecule has 1 fully saturated rings. The van der Waals surface area contributed by atoms with E-state index in [4.69, 9.17) is 0 Å². The number of carbonyl (C=O) groups is 2. The molecule has 0 bridgehead atoms. The summed E-state index contributed by atoms with van der Waals surface area (Å²) in [5.41, 5.74) is 5.13. The van der Waals surface area contributed by atoms with Gasteiger partial charge in [-0.05, 0) is 31.5 Å². The van der Waals surface area contributed by atoms with E-state index in [1.54, 1.807) is 12.1 Å². The van der Waals surface area contributed by atoms with Crippen LogP contribution in [0.15, 0.2) is 48.7 Å². The number of aromatic nitrogens is 2. The SMILES string of the molecule is Cc1ccn2c(CN3CCN(C(=O)CCC(=O)c4ccccc4)CC3)c(C)nc2c1. The van der Waals surface area contributed by atoms with Gasteiger partial charge in [-0.25, -0.2) is 4.98 Å². The highest BCUT2D eigenvalue weighted by Crippen LogP contribution is 2.17. The largest absolute Gasteiger partial charge is 0.340 e. The lowest BCUT2D eigenvalue weighted by Crippen LogP contribution is -2.48. The average molecular weight is 405 g/mol. The lowest BCUT2D eigenvalue weighted by atomic mass is 10.1. The van der Waals surface area contributed by atoms with Gasteiger partial charge >= 0.3 is 0 Å². The number of amides is 1. The van der Waals surface area contributed by atoms with Crippen LogP contribution in [0.2, 0.25) is 0 Å². The Morgan fingerprint density at radius 2 is 1.70 bits per heavy atom. The van der Waals surface area contributed by atoms with Gasteiger partial charge in [0.2, 0.25) is 5.91 Å². The van der Waals surface area contributed by atoms with Crippen molar-refractivity contribution in [3.8, 4) is 0 Å². The number of nitrogens with zero attached hydrogens (tertiary/aromatic N) is 4. The van der Waals surface area contributed by atoms with Crippen molar-refractivity contribution in [3.63, 3.8) is 0 Å². The van der Waals surface area contributed by atoms with Gasteiger partial charge in [0.1, 0.15) is 5.65 Å². The Hall–Kier alpha value is -2.99. The molecule has 0 atom stereocenters. The highest BCUT2D eigenvalue weighted by atomic mass is 16.2. The third-order valence-electron chi connectivity index (χ3n) is 5.84. The van der Waals surface area contributed by atoms with Gasteiger partial charge in [-0.2, -0.15) is 0 Å². The van der Waals surface area contributed by atoms with Gasteiger partial charge in [0.15, 0.2) is 5.78 Å². The number of fused-ring (bicyclic) bond motifs is 1. The molecule has 2 aromatic heterocycles. The normalized spacial score (nSPS) is 14.9. The first kappa shape index (κ1) is 20.3. The van der Waals surface area contributed by atoms with Crippen LogP contribution in [0.1, 0.15) is 40.2 Å². The van der Waals surface area contributed by atoms with E-state index in [2.05, 4.69) is 46.5 Å². The Bertz CT molecular complexity index is 1050. The number of hydrogen-bond donors (Lipinski definition) is 0. The number of rotatable bonds is 6. The Balaban J connectivity index is 1.29. The molecule has 0 unspecified atom stereocenters. The van der Waals surface area contributed by atoms with Crippen LogP contribution in [-0.2, 0) is 11.3 Å². The fourth-order valence-electron chi connectivity index (χ4n) is 4.02. The standard InChI is InChI=1S/C24H28N4O2/c1-18-10-11-28-21(19(2)25-23(28)16-18)17-26-12-14-27(15-13-26)24(30)9-8-22(29)20-6-4-3-5-7-20/h3-7,10-11,16H,8-9,12-15,17H2,1-2H3. The second-order valence-electron chi connectivity index (χ2n) is 8.02. The number of piperazine rings is 1. The van der Waals surface area contributed by atoms with Gasteiger partial charge in [-0.15, -0.1) is 0 Å². The summed E-state index contributed by atoms with van der Waals surface area (Å²) >= 11 is 0. The maximum atomic E-state index is 12.6.